The first-order valence-corrected chi connectivity index (χ1v) is 9.08. The highest BCUT2D eigenvalue weighted by molar-refractivity contribution is 8.04. The van der Waals surface area contributed by atoms with Gasteiger partial charge in [-0.05, 0) is 55.8 Å². The summed E-state index contributed by atoms with van der Waals surface area (Å²) in [7, 11) is 1.61. The van der Waals surface area contributed by atoms with E-state index in [1.54, 1.807) is 19.2 Å². The molecule has 3 rings (SSSR count). The second-order valence-corrected chi connectivity index (χ2v) is 7.26. The summed E-state index contributed by atoms with van der Waals surface area (Å²) in [5.74, 6) is 0.397. The summed E-state index contributed by atoms with van der Waals surface area (Å²) in [5.41, 5.74) is 2.07. The molecule has 0 radical (unpaired) electrons. The van der Waals surface area contributed by atoms with Crippen LogP contribution in [-0.2, 0) is 4.79 Å². The second kappa shape index (κ2) is 7.66. The summed E-state index contributed by atoms with van der Waals surface area (Å²) in [6.45, 7) is 3.81. The zero-order chi connectivity index (χ0) is 18.7. The molecule has 5 nitrogen and oxygen atoms in total. The Morgan fingerprint density at radius 1 is 1.23 bits per heavy atom. The summed E-state index contributed by atoms with van der Waals surface area (Å²) in [6.07, 6.45) is 1.82. The number of benzene rings is 2. The van der Waals surface area contributed by atoms with Crippen molar-refractivity contribution in [3.63, 3.8) is 0 Å². The fourth-order valence-corrected chi connectivity index (χ4v) is 3.46. The molecule has 1 aliphatic rings. The molecule has 0 aromatic heterocycles. The van der Waals surface area contributed by atoms with Crippen molar-refractivity contribution in [1.29, 1.82) is 0 Å². The maximum Gasteiger partial charge on any atom is 0.262 e. The summed E-state index contributed by atoms with van der Waals surface area (Å²) in [5, 5.41) is 5.72. The molecule has 0 spiro atoms. The molecule has 0 atom stereocenters. The Bertz CT molecular complexity index is 890. The first-order valence-electron chi connectivity index (χ1n) is 8.26. The van der Waals surface area contributed by atoms with Crippen molar-refractivity contribution < 1.29 is 14.3 Å². The van der Waals surface area contributed by atoms with E-state index in [0.29, 0.717) is 16.2 Å². The van der Waals surface area contributed by atoms with Crippen molar-refractivity contribution in [3.05, 3.63) is 58.5 Å². The van der Waals surface area contributed by atoms with Gasteiger partial charge in [0.15, 0.2) is 0 Å². The minimum Gasteiger partial charge on any atom is -0.497 e. The number of rotatable bonds is 4. The molecule has 0 fully saturated rings. The predicted molar refractivity (Wildman–Crippen MR) is 105 cm³/mol. The van der Waals surface area contributed by atoms with Gasteiger partial charge < -0.3 is 15.4 Å². The molecule has 1 heterocycles. The molecule has 26 heavy (non-hydrogen) atoms. The Morgan fingerprint density at radius 3 is 2.77 bits per heavy atom. The number of thioether (sulfide) groups is 1. The van der Waals surface area contributed by atoms with Gasteiger partial charge in [0.1, 0.15) is 5.75 Å². The molecule has 2 aromatic carbocycles. The predicted octanol–water partition coefficient (Wildman–Crippen LogP) is 3.92. The molecular formula is C20H20N2O3S. The van der Waals surface area contributed by atoms with Crippen LogP contribution in [0.5, 0.6) is 5.75 Å². The third kappa shape index (κ3) is 4.08. The van der Waals surface area contributed by atoms with Crippen LogP contribution in [0, 0.1) is 0 Å². The van der Waals surface area contributed by atoms with Crippen molar-refractivity contribution in [2.45, 2.75) is 24.8 Å². The third-order valence-electron chi connectivity index (χ3n) is 3.74. The van der Waals surface area contributed by atoms with E-state index in [2.05, 4.69) is 10.6 Å². The molecule has 6 heteroatoms. The van der Waals surface area contributed by atoms with Gasteiger partial charge in [-0.15, -0.1) is 0 Å². The fraction of sp³-hybridized carbons (Fsp3) is 0.200. The normalized spacial score (nSPS) is 14.8. The number of nitrogens with one attached hydrogen (secondary N) is 2. The lowest BCUT2D eigenvalue weighted by molar-refractivity contribution is -0.112. The van der Waals surface area contributed by atoms with Crippen LogP contribution in [-0.4, -0.2) is 25.0 Å². The Kier molecular flexibility index (Phi) is 5.32. The Morgan fingerprint density at radius 2 is 2.04 bits per heavy atom. The number of hydrogen-bond donors (Lipinski definition) is 2. The standard InChI is InChI=1S/C20H20N2O3S/c1-12(2)21-19(23)14-7-8-17-16(11-14)22-20(24)18(26-17)10-13-5-4-6-15(9-13)25-3/h4-12H,1-3H3,(H,21,23)(H,22,24). The summed E-state index contributed by atoms with van der Waals surface area (Å²) in [4.78, 5) is 26.1. The third-order valence-corrected chi connectivity index (χ3v) is 4.84. The average molecular weight is 368 g/mol. The number of carbonyl (C=O) groups is 2. The molecule has 2 aromatic rings. The van der Waals surface area contributed by atoms with Crippen molar-refractivity contribution >= 4 is 35.3 Å². The van der Waals surface area contributed by atoms with Crippen molar-refractivity contribution in [2.24, 2.45) is 0 Å². The first-order chi connectivity index (χ1) is 12.5. The van der Waals surface area contributed by atoms with Gasteiger partial charge in [0.05, 0.1) is 17.7 Å². The van der Waals surface area contributed by atoms with E-state index in [1.165, 1.54) is 11.8 Å². The lowest BCUT2D eigenvalue weighted by atomic mass is 10.1. The highest BCUT2D eigenvalue weighted by Gasteiger charge is 2.22. The quantitative estimate of drug-likeness (QED) is 0.803. The lowest BCUT2D eigenvalue weighted by Crippen LogP contribution is -2.30. The van der Waals surface area contributed by atoms with Crippen molar-refractivity contribution in [2.75, 3.05) is 12.4 Å². The minimum atomic E-state index is -0.188. The van der Waals surface area contributed by atoms with Crippen LogP contribution in [0.15, 0.2) is 52.3 Å². The molecular weight excluding hydrogens is 348 g/mol. The van der Waals surface area contributed by atoms with Gasteiger partial charge in [0.25, 0.3) is 11.8 Å². The molecule has 0 saturated carbocycles. The first kappa shape index (κ1) is 18.1. The summed E-state index contributed by atoms with van der Waals surface area (Å²) >= 11 is 1.38. The number of ether oxygens (including phenoxy) is 1. The van der Waals surface area contributed by atoms with E-state index in [1.807, 2.05) is 50.3 Å². The highest BCUT2D eigenvalue weighted by atomic mass is 32.2. The number of hydrogen-bond acceptors (Lipinski definition) is 4. The van der Waals surface area contributed by atoms with Crippen LogP contribution in [0.1, 0.15) is 29.8 Å². The number of fused-ring (bicyclic) bond motifs is 1. The van der Waals surface area contributed by atoms with Gasteiger partial charge in [0, 0.05) is 16.5 Å². The molecule has 2 amide bonds. The Hall–Kier alpha value is -2.73. The SMILES string of the molecule is COc1cccc(C=C2Sc3ccc(C(=O)NC(C)C)cc3NC2=O)c1. The smallest absolute Gasteiger partial charge is 0.262 e. The van der Waals surface area contributed by atoms with Crippen molar-refractivity contribution in [1.82, 2.24) is 5.32 Å². The molecule has 134 valence electrons. The van der Waals surface area contributed by atoms with E-state index >= 15 is 0 Å². The lowest BCUT2D eigenvalue weighted by Gasteiger charge is -2.19. The van der Waals surface area contributed by atoms with E-state index in [4.69, 9.17) is 4.74 Å². The number of carbonyl (C=O) groups excluding carboxylic acids is 2. The average Bonchev–Trinajstić information content (AvgIpc) is 2.61. The molecule has 0 saturated heterocycles. The summed E-state index contributed by atoms with van der Waals surface area (Å²) in [6, 6.07) is 12.9. The van der Waals surface area contributed by atoms with Crippen LogP contribution in [0.4, 0.5) is 5.69 Å². The van der Waals surface area contributed by atoms with Gasteiger partial charge in [-0.3, -0.25) is 9.59 Å². The van der Waals surface area contributed by atoms with E-state index in [9.17, 15) is 9.59 Å². The van der Waals surface area contributed by atoms with Crippen LogP contribution in [0.3, 0.4) is 0 Å². The number of anilines is 1. The van der Waals surface area contributed by atoms with Gasteiger partial charge in [-0.25, -0.2) is 0 Å². The topological polar surface area (TPSA) is 67.4 Å². The molecule has 0 bridgehead atoms. The Labute approximate surface area is 156 Å². The highest BCUT2D eigenvalue weighted by Crippen LogP contribution is 2.39. The summed E-state index contributed by atoms with van der Waals surface area (Å²) < 4.78 is 5.22. The van der Waals surface area contributed by atoms with Crippen molar-refractivity contribution in [3.8, 4) is 5.75 Å². The largest absolute Gasteiger partial charge is 0.497 e. The monoisotopic (exact) mass is 368 g/mol. The van der Waals surface area contributed by atoms with Crippen LogP contribution >= 0.6 is 11.8 Å². The number of amides is 2. The van der Waals surface area contributed by atoms with Crippen LogP contribution in [0.25, 0.3) is 6.08 Å². The number of methoxy groups -OCH3 is 1. The molecule has 2 N–H and O–H groups in total. The Balaban J connectivity index is 1.85. The van der Waals surface area contributed by atoms with E-state index < -0.39 is 0 Å². The van der Waals surface area contributed by atoms with Gasteiger partial charge in [0.2, 0.25) is 0 Å². The molecule has 1 aliphatic heterocycles. The van der Waals surface area contributed by atoms with E-state index in [0.717, 1.165) is 16.2 Å². The molecule has 0 unspecified atom stereocenters. The van der Waals surface area contributed by atoms with E-state index in [-0.39, 0.29) is 17.9 Å². The van der Waals surface area contributed by atoms with Gasteiger partial charge in [-0.2, -0.15) is 0 Å². The maximum atomic E-state index is 12.4. The van der Waals surface area contributed by atoms with Crippen LogP contribution in [0.2, 0.25) is 0 Å². The zero-order valence-corrected chi connectivity index (χ0v) is 15.6. The fourth-order valence-electron chi connectivity index (χ4n) is 2.53. The maximum absolute atomic E-state index is 12.4. The van der Waals surface area contributed by atoms with Gasteiger partial charge in [-0.1, -0.05) is 23.9 Å². The molecule has 0 aliphatic carbocycles. The van der Waals surface area contributed by atoms with Crippen LogP contribution < -0.4 is 15.4 Å². The zero-order valence-electron chi connectivity index (χ0n) is 14.8. The second-order valence-electron chi connectivity index (χ2n) is 6.18. The minimum absolute atomic E-state index is 0.0555. The van der Waals surface area contributed by atoms with Gasteiger partial charge >= 0.3 is 0 Å².